The molecule has 2 aromatic carbocycles. The van der Waals surface area contributed by atoms with Crippen molar-refractivity contribution in [2.75, 3.05) is 11.6 Å². The SMILES string of the molecule is CSc1ccc(S(=O)(=O)NC(C)c2ccc3c(c2)CCC3)cc1NC(C)=O. The van der Waals surface area contributed by atoms with E-state index in [1.807, 2.05) is 19.2 Å². The molecule has 1 unspecified atom stereocenters. The summed E-state index contributed by atoms with van der Waals surface area (Å²) in [7, 11) is -3.72. The second-order valence-electron chi connectivity index (χ2n) is 6.77. The summed E-state index contributed by atoms with van der Waals surface area (Å²) in [5.74, 6) is -0.237. The van der Waals surface area contributed by atoms with Crippen LogP contribution in [0.15, 0.2) is 46.2 Å². The van der Waals surface area contributed by atoms with Gasteiger partial charge in [0, 0.05) is 17.9 Å². The Morgan fingerprint density at radius 3 is 2.56 bits per heavy atom. The Morgan fingerprint density at radius 2 is 1.85 bits per heavy atom. The second-order valence-corrected chi connectivity index (χ2v) is 9.33. The fraction of sp³-hybridized carbons (Fsp3) is 0.350. The van der Waals surface area contributed by atoms with E-state index in [9.17, 15) is 13.2 Å². The highest BCUT2D eigenvalue weighted by Crippen LogP contribution is 2.30. The zero-order valence-electron chi connectivity index (χ0n) is 15.7. The maximum Gasteiger partial charge on any atom is 0.241 e. The molecule has 0 bridgehead atoms. The Morgan fingerprint density at radius 1 is 1.11 bits per heavy atom. The number of hydrogen-bond donors (Lipinski definition) is 2. The van der Waals surface area contributed by atoms with Crippen molar-refractivity contribution in [1.82, 2.24) is 4.72 Å². The van der Waals surface area contributed by atoms with Crippen LogP contribution in [0.25, 0.3) is 0 Å². The first-order chi connectivity index (χ1) is 12.8. The first-order valence-electron chi connectivity index (χ1n) is 8.90. The molecule has 2 N–H and O–H groups in total. The van der Waals surface area contributed by atoms with Gasteiger partial charge in [-0.25, -0.2) is 13.1 Å². The van der Waals surface area contributed by atoms with Gasteiger partial charge in [0.05, 0.1) is 10.6 Å². The Hall–Kier alpha value is -1.83. The highest BCUT2D eigenvalue weighted by Gasteiger charge is 2.21. The Balaban J connectivity index is 1.84. The van der Waals surface area contributed by atoms with E-state index >= 15 is 0 Å². The van der Waals surface area contributed by atoms with Crippen LogP contribution in [0, 0.1) is 0 Å². The zero-order valence-corrected chi connectivity index (χ0v) is 17.3. The number of benzene rings is 2. The van der Waals surface area contributed by atoms with Gasteiger partial charge < -0.3 is 5.32 Å². The lowest BCUT2D eigenvalue weighted by Crippen LogP contribution is -2.27. The number of thioether (sulfide) groups is 1. The third-order valence-corrected chi connectivity index (χ3v) is 7.08. The fourth-order valence-electron chi connectivity index (χ4n) is 3.37. The topological polar surface area (TPSA) is 75.3 Å². The van der Waals surface area contributed by atoms with Crippen LogP contribution in [0.2, 0.25) is 0 Å². The normalized spacial score (nSPS) is 14.6. The third kappa shape index (κ3) is 4.54. The molecule has 7 heteroatoms. The van der Waals surface area contributed by atoms with Gasteiger partial charge in [-0.05, 0) is 67.3 Å². The number of carbonyl (C=O) groups excluding carboxylic acids is 1. The molecular formula is C20H24N2O3S2. The average molecular weight is 405 g/mol. The summed E-state index contributed by atoms with van der Waals surface area (Å²) >= 11 is 1.45. The van der Waals surface area contributed by atoms with Crippen molar-refractivity contribution in [2.24, 2.45) is 0 Å². The Bertz CT molecular complexity index is 971. The van der Waals surface area contributed by atoms with Crippen LogP contribution in [0.3, 0.4) is 0 Å². The largest absolute Gasteiger partial charge is 0.325 e. The molecule has 0 saturated carbocycles. The lowest BCUT2D eigenvalue weighted by molar-refractivity contribution is -0.114. The molecule has 1 aliphatic carbocycles. The van der Waals surface area contributed by atoms with Gasteiger partial charge in [-0.2, -0.15) is 0 Å². The van der Waals surface area contributed by atoms with Crippen LogP contribution in [0.1, 0.15) is 43.0 Å². The Kier molecular flexibility index (Phi) is 5.93. The molecule has 0 saturated heterocycles. The molecule has 0 fully saturated rings. The van der Waals surface area contributed by atoms with Crippen LogP contribution in [0.5, 0.6) is 0 Å². The molecule has 0 spiro atoms. The van der Waals surface area contributed by atoms with E-state index in [0.717, 1.165) is 29.7 Å². The van der Waals surface area contributed by atoms with Crippen molar-refractivity contribution in [3.8, 4) is 0 Å². The van der Waals surface area contributed by atoms with E-state index in [1.165, 1.54) is 35.9 Å². The molecule has 2 aromatic rings. The fourth-order valence-corrected chi connectivity index (χ4v) is 5.16. The number of hydrogen-bond acceptors (Lipinski definition) is 4. The third-order valence-electron chi connectivity index (χ3n) is 4.75. The molecule has 0 heterocycles. The van der Waals surface area contributed by atoms with E-state index in [-0.39, 0.29) is 16.8 Å². The summed E-state index contributed by atoms with van der Waals surface area (Å²) in [6, 6.07) is 10.6. The molecular weight excluding hydrogens is 380 g/mol. The van der Waals surface area contributed by atoms with E-state index in [1.54, 1.807) is 12.1 Å². The van der Waals surface area contributed by atoms with Gasteiger partial charge in [0.15, 0.2) is 0 Å². The van der Waals surface area contributed by atoms with Crippen molar-refractivity contribution in [3.63, 3.8) is 0 Å². The van der Waals surface area contributed by atoms with Crippen molar-refractivity contribution >= 4 is 33.4 Å². The minimum atomic E-state index is -3.72. The molecule has 1 atom stereocenters. The van der Waals surface area contributed by atoms with Gasteiger partial charge in [0.25, 0.3) is 0 Å². The van der Waals surface area contributed by atoms with Gasteiger partial charge >= 0.3 is 0 Å². The maximum absolute atomic E-state index is 12.9. The van der Waals surface area contributed by atoms with Gasteiger partial charge in [0.2, 0.25) is 15.9 Å². The number of anilines is 1. The molecule has 1 amide bonds. The summed E-state index contributed by atoms with van der Waals surface area (Å²) in [4.78, 5) is 12.4. The summed E-state index contributed by atoms with van der Waals surface area (Å²) in [5.41, 5.74) is 4.14. The van der Waals surface area contributed by atoms with Crippen LogP contribution >= 0.6 is 11.8 Å². The average Bonchev–Trinajstić information content (AvgIpc) is 3.08. The molecule has 1 aliphatic rings. The van der Waals surface area contributed by atoms with E-state index in [0.29, 0.717) is 5.69 Å². The van der Waals surface area contributed by atoms with E-state index < -0.39 is 10.0 Å². The highest BCUT2D eigenvalue weighted by atomic mass is 32.2. The molecule has 5 nitrogen and oxygen atoms in total. The minimum absolute atomic E-state index is 0.136. The summed E-state index contributed by atoms with van der Waals surface area (Å²) < 4.78 is 28.5. The van der Waals surface area contributed by atoms with Gasteiger partial charge in [-0.15, -0.1) is 11.8 Å². The summed E-state index contributed by atoms with van der Waals surface area (Å²) in [6.07, 6.45) is 5.19. The molecule has 3 rings (SSSR count). The lowest BCUT2D eigenvalue weighted by Gasteiger charge is -2.17. The number of nitrogens with one attached hydrogen (secondary N) is 2. The van der Waals surface area contributed by atoms with Crippen LogP contribution < -0.4 is 10.0 Å². The van der Waals surface area contributed by atoms with Crippen molar-refractivity contribution in [3.05, 3.63) is 53.1 Å². The summed E-state index contributed by atoms with van der Waals surface area (Å²) in [5, 5.41) is 2.70. The number of carbonyl (C=O) groups is 1. The number of fused-ring (bicyclic) bond motifs is 1. The predicted molar refractivity (Wildman–Crippen MR) is 110 cm³/mol. The number of amides is 1. The molecule has 0 radical (unpaired) electrons. The van der Waals surface area contributed by atoms with Crippen LogP contribution in [0.4, 0.5) is 5.69 Å². The maximum atomic E-state index is 12.9. The smallest absolute Gasteiger partial charge is 0.241 e. The van der Waals surface area contributed by atoms with Gasteiger partial charge in [-0.1, -0.05) is 18.2 Å². The first-order valence-corrected chi connectivity index (χ1v) is 11.6. The van der Waals surface area contributed by atoms with Crippen molar-refractivity contribution < 1.29 is 13.2 Å². The number of sulfonamides is 1. The van der Waals surface area contributed by atoms with Gasteiger partial charge in [0.1, 0.15) is 0 Å². The van der Waals surface area contributed by atoms with Crippen molar-refractivity contribution in [2.45, 2.75) is 48.9 Å². The Labute approximate surface area is 165 Å². The lowest BCUT2D eigenvalue weighted by atomic mass is 10.0. The van der Waals surface area contributed by atoms with E-state index in [4.69, 9.17) is 0 Å². The molecule has 27 heavy (non-hydrogen) atoms. The highest BCUT2D eigenvalue weighted by molar-refractivity contribution is 7.98. The van der Waals surface area contributed by atoms with Crippen molar-refractivity contribution in [1.29, 1.82) is 0 Å². The predicted octanol–water partition coefficient (Wildman–Crippen LogP) is 3.90. The standard InChI is InChI=1S/C20H24N2O3S2/c1-13(16-8-7-15-5-4-6-17(15)11-16)22-27(24,25)18-9-10-20(26-3)19(12-18)21-14(2)23/h7-13,22H,4-6H2,1-3H3,(H,21,23). The quantitative estimate of drug-likeness (QED) is 0.716. The molecule has 144 valence electrons. The second kappa shape index (κ2) is 8.04. The van der Waals surface area contributed by atoms with E-state index in [2.05, 4.69) is 22.2 Å². The zero-order chi connectivity index (χ0) is 19.6. The molecule has 0 aromatic heterocycles. The minimum Gasteiger partial charge on any atom is -0.325 e. The van der Waals surface area contributed by atoms with Gasteiger partial charge in [-0.3, -0.25) is 4.79 Å². The summed E-state index contributed by atoms with van der Waals surface area (Å²) in [6.45, 7) is 3.25. The van der Waals surface area contributed by atoms with Crippen LogP contribution in [-0.2, 0) is 27.7 Å². The number of aryl methyl sites for hydroxylation is 2. The molecule has 0 aliphatic heterocycles. The monoisotopic (exact) mass is 404 g/mol. The van der Waals surface area contributed by atoms with Crippen LogP contribution in [-0.4, -0.2) is 20.6 Å². The number of rotatable bonds is 6. The first kappa shape index (κ1) is 19.9.